The van der Waals surface area contributed by atoms with Gasteiger partial charge in [0.05, 0.1) is 18.1 Å². The largest absolute Gasteiger partial charge is 0.485 e. The number of aryl methyl sites for hydroxylation is 1. The molecule has 0 aliphatic carbocycles. The molecule has 0 fully saturated rings. The summed E-state index contributed by atoms with van der Waals surface area (Å²) in [5.41, 5.74) is 2.44. The van der Waals surface area contributed by atoms with Crippen LogP contribution in [0.2, 0.25) is 10.0 Å². The highest BCUT2D eigenvalue weighted by molar-refractivity contribution is 7.91. The van der Waals surface area contributed by atoms with Crippen LogP contribution in [0.15, 0.2) is 72.8 Å². The van der Waals surface area contributed by atoms with Crippen molar-refractivity contribution in [3.05, 3.63) is 99.5 Å². The molecule has 0 saturated carbocycles. The van der Waals surface area contributed by atoms with Crippen LogP contribution < -0.4 is 4.74 Å². The van der Waals surface area contributed by atoms with Gasteiger partial charge in [0.2, 0.25) is 0 Å². The number of alkyl halides is 3. The van der Waals surface area contributed by atoms with Gasteiger partial charge in [0, 0.05) is 10.0 Å². The molecule has 0 N–H and O–H groups in total. The molecule has 204 valence electrons. The molecule has 0 aliphatic rings. The number of hydrogen-bond donors (Lipinski definition) is 0. The maximum absolute atomic E-state index is 12.6. The number of sulfone groups is 1. The predicted octanol–water partition coefficient (Wildman–Crippen LogP) is 6.66. The van der Waals surface area contributed by atoms with Crippen molar-refractivity contribution in [3.63, 3.8) is 0 Å². The average molecular weight is 589 g/mol. The lowest BCUT2D eigenvalue weighted by molar-refractivity contribution is -0.173. The number of carbonyl (C=O) groups excluding carboxylic acids is 1. The zero-order valence-electron chi connectivity index (χ0n) is 20.1. The minimum atomic E-state index is -4.94. The second-order valence-electron chi connectivity index (χ2n) is 8.46. The Labute approximate surface area is 229 Å². The molecule has 5 nitrogen and oxygen atoms in total. The molecule has 0 radical (unpaired) electrons. The van der Waals surface area contributed by atoms with Crippen molar-refractivity contribution in [1.29, 1.82) is 0 Å². The molecule has 3 aromatic rings. The summed E-state index contributed by atoms with van der Waals surface area (Å²) in [5.74, 6) is -2.07. The Morgan fingerprint density at radius 1 is 0.816 bits per heavy atom. The van der Waals surface area contributed by atoms with Crippen LogP contribution in [0.5, 0.6) is 5.75 Å². The van der Waals surface area contributed by atoms with E-state index in [0.717, 1.165) is 16.7 Å². The van der Waals surface area contributed by atoms with Crippen molar-refractivity contribution in [2.24, 2.45) is 0 Å². The zero-order valence-corrected chi connectivity index (χ0v) is 22.4. The highest BCUT2D eigenvalue weighted by Gasteiger charge is 2.38. The predicted molar refractivity (Wildman–Crippen MR) is 141 cm³/mol. The Balaban J connectivity index is 1.48. The third-order valence-electron chi connectivity index (χ3n) is 5.55. The minimum absolute atomic E-state index is 0.0130. The monoisotopic (exact) mass is 588 g/mol. The average Bonchev–Trinajstić information content (AvgIpc) is 2.87. The van der Waals surface area contributed by atoms with Gasteiger partial charge in [-0.15, -0.1) is 0 Å². The molecule has 0 saturated heterocycles. The fourth-order valence-electron chi connectivity index (χ4n) is 3.53. The van der Waals surface area contributed by atoms with Crippen LogP contribution >= 0.6 is 23.2 Å². The highest BCUT2D eigenvalue weighted by Crippen LogP contribution is 2.28. The summed E-state index contributed by atoms with van der Waals surface area (Å²) in [4.78, 5) is 10.9. The van der Waals surface area contributed by atoms with Gasteiger partial charge < -0.3 is 9.47 Å². The number of halogens is 5. The standard InChI is InChI=1S/C27H25Cl2F3O5S/c28-22-9-5-20(6-10-22)26(21-7-11-23(29)12-8-21)36-15-17-38(34,35)16-1-2-19-3-13-24(14-4-19)37-18-25(33)27(30,31)32/h3-14,26H,1-2,15-18H2. The molecule has 0 heterocycles. The fourth-order valence-corrected chi connectivity index (χ4v) is 4.92. The normalized spacial score (nSPS) is 12.1. The first kappa shape index (κ1) is 30.0. The van der Waals surface area contributed by atoms with E-state index in [2.05, 4.69) is 0 Å². The molecular formula is C27H25Cl2F3O5S. The third kappa shape index (κ3) is 9.62. The van der Waals surface area contributed by atoms with Gasteiger partial charge in [0.15, 0.2) is 16.4 Å². The lowest BCUT2D eigenvalue weighted by atomic mass is 10.0. The van der Waals surface area contributed by atoms with Crippen LogP contribution in [0.1, 0.15) is 29.2 Å². The highest BCUT2D eigenvalue weighted by atomic mass is 35.5. The molecule has 3 aromatic carbocycles. The number of ether oxygens (including phenoxy) is 2. The molecular weight excluding hydrogens is 564 g/mol. The molecule has 0 amide bonds. The van der Waals surface area contributed by atoms with Crippen molar-refractivity contribution in [2.75, 3.05) is 24.7 Å². The number of hydrogen-bond acceptors (Lipinski definition) is 5. The summed E-state index contributed by atoms with van der Waals surface area (Å²) in [6, 6.07) is 20.3. The first-order chi connectivity index (χ1) is 17.9. The Kier molecular flexibility index (Phi) is 10.6. The van der Waals surface area contributed by atoms with Crippen molar-refractivity contribution in [2.45, 2.75) is 25.1 Å². The number of ketones is 1. The van der Waals surface area contributed by atoms with E-state index in [4.69, 9.17) is 32.7 Å². The topological polar surface area (TPSA) is 69.7 Å². The summed E-state index contributed by atoms with van der Waals surface area (Å²) in [5, 5.41) is 1.15. The van der Waals surface area contributed by atoms with E-state index in [9.17, 15) is 26.4 Å². The zero-order chi connectivity index (χ0) is 27.8. The molecule has 0 bridgehead atoms. The third-order valence-corrected chi connectivity index (χ3v) is 7.76. The lowest BCUT2D eigenvalue weighted by Gasteiger charge is -2.19. The number of rotatable bonds is 13. The van der Waals surface area contributed by atoms with Crippen molar-refractivity contribution in [3.8, 4) is 5.75 Å². The van der Waals surface area contributed by atoms with Crippen molar-refractivity contribution < 1.29 is 35.9 Å². The summed E-state index contributed by atoms with van der Waals surface area (Å²) in [6.45, 7) is -1.11. The van der Waals surface area contributed by atoms with Crippen LogP contribution in [0.3, 0.4) is 0 Å². The quantitative estimate of drug-likeness (QED) is 0.223. The molecule has 3 rings (SSSR count). The second kappa shape index (κ2) is 13.5. The molecule has 11 heteroatoms. The molecule has 0 spiro atoms. The van der Waals surface area contributed by atoms with Crippen LogP contribution in [0.4, 0.5) is 13.2 Å². The van der Waals surface area contributed by atoms with Crippen LogP contribution in [0, 0.1) is 0 Å². The fraction of sp³-hybridized carbons (Fsp3) is 0.296. The van der Waals surface area contributed by atoms with Gasteiger partial charge in [0.25, 0.3) is 5.78 Å². The van der Waals surface area contributed by atoms with E-state index in [1.165, 1.54) is 12.1 Å². The summed E-state index contributed by atoms with van der Waals surface area (Å²) in [6.07, 6.45) is -4.64. The van der Waals surface area contributed by atoms with Crippen LogP contribution in [0.25, 0.3) is 0 Å². The van der Waals surface area contributed by atoms with Gasteiger partial charge >= 0.3 is 6.18 Å². The smallest absolute Gasteiger partial charge is 0.453 e. The van der Waals surface area contributed by atoms with Gasteiger partial charge in [-0.3, -0.25) is 4.79 Å². The van der Waals surface area contributed by atoms with Gasteiger partial charge in [-0.05, 0) is 65.9 Å². The molecule has 38 heavy (non-hydrogen) atoms. The SMILES string of the molecule is O=C(COc1ccc(CCCS(=O)(=O)CCOC(c2ccc(Cl)cc2)c2ccc(Cl)cc2)cc1)C(F)(F)F. The van der Waals surface area contributed by atoms with E-state index in [1.807, 2.05) is 24.3 Å². The second-order valence-corrected chi connectivity index (χ2v) is 11.6. The van der Waals surface area contributed by atoms with E-state index in [0.29, 0.717) is 22.9 Å². The minimum Gasteiger partial charge on any atom is -0.485 e. The van der Waals surface area contributed by atoms with E-state index in [1.54, 1.807) is 36.4 Å². The Bertz CT molecular complexity index is 1250. The Hall–Kier alpha value is -2.59. The van der Waals surface area contributed by atoms with Gasteiger partial charge in [-0.1, -0.05) is 59.6 Å². The maximum Gasteiger partial charge on any atom is 0.453 e. The summed E-state index contributed by atoms with van der Waals surface area (Å²) in [7, 11) is -3.40. The van der Waals surface area contributed by atoms with Crippen LogP contribution in [-0.2, 0) is 25.8 Å². The number of carbonyl (C=O) groups is 1. The van der Waals surface area contributed by atoms with Crippen molar-refractivity contribution in [1.82, 2.24) is 0 Å². The lowest BCUT2D eigenvalue weighted by Crippen LogP contribution is -2.28. The first-order valence-corrected chi connectivity index (χ1v) is 14.2. The van der Waals surface area contributed by atoms with Crippen molar-refractivity contribution >= 4 is 38.8 Å². The van der Waals surface area contributed by atoms with Gasteiger partial charge in [-0.25, -0.2) is 8.42 Å². The molecule has 0 aromatic heterocycles. The maximum atomic E-state index is 12.6. The van der Waals surface area contributed by atoms with Gasteiger partial charge in [-0.2, -0.15) is 13.2 Å². The summed E-state index contributed by atoms with van der Waals surface area (Å²) >= 11 is 12.0. The van der Waals surface area contributed by atoms with Crippen LogP contribution in [-0.4, -0.2) is 45.1 Å². The van der Waals surface area contributed by atoms with E-state index < -0.39 is 34.5 Å². The number of Topliss-reactive ketones (excluding diaryl/α,β-unsaturated/α-hetero) is 1. The molecule has 0 atom stereocenters. The number of benzene rings is 3. The Morgan fingerprint density at radius 2 is 1.34 bits per heavy atom. The molecule has 0 unspecified atom stereocenters. The first-order valence-electron chi connectivity index (χ1n) is 11.6. The Morgan fingerprint density at radius 3 is 1.84 bits per heavy atom. The van der Waals surface area contributed by atoms with E-state index >= 15 is 0 Å². The van der Waals surface area contributed by atoms with Gasteiger partial charge in [0.1, 0.15) is 11.9 Å². The summed E-state index contributed by atoms with van der Waals surface area (Å²) < 4.78 is 72.8. The van der Waals surface area contributed by atoms with E-state index in [-0.39, 0.29) is 23.9 Å². The molecule has 0 aliphatic heterocycles.